The van der Waals surface area contributed by atoms with Gasteiger partial charge in [-0.05, 0) is 31.1 Å². The standard InChI is InChI=1S/C21H22ClNO3/c1-4-16(20-14-19(25-3)15(2)21(24)26-20)10-8-6-5-7-9-11-18-17(22)12-13-23-18/h5-14,23H,4H2,1-3H3/b7-5+,8-6+,11-9+,16-10+. The lowest BCUT2D eigenvalue weighted by Gasteiger charge is -2.07. The average molecular weight is 372 g/mol. The predicted molar refractivity (Wildman–Crippen MR) is 108 cm³/mol. The lowest BCUT2D eigenvalue weighted by atomic mass is 10.1. The van der Waals surface area contributed by atoms with Crippen LogP contribution in [0, 0.1) is 6.92 Å². The van der Waals surface area contributed by atoms with E-state index in [0.717, 1.165) is 17.7 Å². The summed E-state index contributed by atoms with van der Waals surface area (Å²) in [5, 5.41) is 0.690. The fraction of sp³-hybridized carbons (Fsp3) is 0.190. The number of halogens is 1. The maximum absolute atomic E-state index is 11.9. The van der Waals surface area contributed by atoms with Crippen LogP contribution in [0.5, 0.6) is 5.75 Å². The fourth-order valence-electron chi connectivity index (χ4n) is 2.29. The summed E-state index contributed by atoms with van der Waals surface area (Å²) in [6, 6.07) is 3.55. The van der Waals surface area contributed by atoms with Crippen molar-refractivity contribution >= 4 is 23.3 Å². The first kappa shape index (κ1) is 19.6. The van der Waals surface area contributed by atoms with Gasteiger partial charge in [-0.3, -0.25) is 0 Å². The van der Waals surface area contributed by atoms with Crippen LogP contribution in [0.1, 0.15) is 30.4 Å². The first-order chi connectivity index (χ1) is 12.6. The van der Waals surface area contributed by atoms with E-state index >= 15 is 0 Å². The SMILES string of the molecule is CC\C(=C/C=C/C=C/C=C/c1[nH]ccc1Cl)c1cc(OC)c(C)c(=O)o1. The Morgan fingerprint density at radius 1 is 1.27 bits per heavy atom. The molecule has 0 aromatic carbocycles. The summed E-state index contributed by atoms with van der Waals surface area (Å²) in [6.45, 7) is 3.69. The van der Waals surface area contributed by atoms with Crippen molar-refractivity contribution < 1.29 is 9.15 Å². The van der Waals surface area contributed by atoms with Crippen LogP contribution in [-0.4, -0.2) is 12.1 Å². The van der Waals surface area contributed by atoms with Gasteiger partial charge in [0.25, 0.3) is 0 Å². The van der Waals surface area contributed by atoms with Crippen molar-refractivity contribution in [2.24, 2.45) is 0 Å². The van der Waals surface area contributed by atoms with Gasteiger partial charge >= 0.3 is 5.63 Å². The minimum atomic E-state index is -0.379. The Morgan fingerprint density at radius 3 is 2.65 bits per heavy atom. The molecular weight excluding hydrogens is 350 g/mol. The van der Waals surface area contributed by atoms with Crippen LogP contribution >= 0.6 is 11.6 Å². The van der Waals surface area contributed by atoms with Crippen LogP contribution in [0.3, 0.4) is 0 Å². The molecule has 0 atom stereocenters. The molecule has 0 aliphatic carbocycles. The van der Waals surface area contributed by atoms with E-state index in [1.54, 1.807) is 32.4 Å². The molecule has 136 valence electrons. The molecule has 0 fully saturated rings. The number of allylic oxidation sites excluding steroid dienone is 7. The minimum absolute atomic E-state index is 0.379. The molecule has 0 aliphatic rings. The Hall–Kier alpha value is -2.72. The topological polar surface area (TPSA) is 55.2 Å². The van der Waals surface area contributed by atoms with E-state index in [1.807, 2.05) is 49.5 Å². The number of ether oxygens (including phenoxy) is 1. The number of hydrogen-bond donors (Lipinski definition) is 1. The summed E-state index contributed by atoms with van der Waals surface area (Å²) in [6.07, 6.45) is 15.9. The first-order valence-corrected chi connectivity index (χ1v) is 8.67. The van der Waals surface area contributed by atoms with Gasteiger partial charge in [-0.15, -0.1) is 0 Å². The molecule has 2 rings (SSSR count). The van der Waals surface area contributed by atoms with Crippen molar-refractivity contribution in [3.63, 3.8) is 0 Å². The highest BCUT2D eigenvalue weighted by Crippen LogP contribution is 2.23. The van der Waals surface area contributed by atoms with Crippen molar-refractivity contribution in [2.45, 2.75) is 20.3 Å². The van der Waals surface area contributed by atoms with Gasteiger partial charge in [-0.2, -0.15) is 0 Å². The third-order valence-corrected chi connectivity index (χ3v) is 4.12. The van der Waals surface area contributed by atoms with Crippen molar-refractivity contribution in [2.75, 3.05) is 7.11 Å². The fourth-order valence-corrected chi connectivity index (χ4v) is 2.47. The second kappa shape index (κ2) is 9.68. The molecule has 0 unspecified atom stereocenters. The zero-order valence-corrected chi connectivity index (χ0v) is 15.8. The highest BCUT2D eigenvalue weighted by molar-refractivity contribution is 6.31. The van der Waals surface area contributed by atoms with E-state index < -0.39 is 0 Å². The second-order valence-corrected chi connectivity index (χ2v) is 5.91. The Balaban J connectivity index is 2.07. The predicted octanol–water partition coefficient (Wildman–Crippen LogP) is 5.56. The van der Waals surface area contributed by atoms with E-state index in [1.165, 1.54) is 0 Å². The molecule has 2 heterocycles. The number of H-pyrrole nitrogens is 1. The van der Waals surface area contributed by atoms with E-state index in [9.17, 15) is 4.79 Å². The molecule has 2 aromatic heterocycles. The molecule has 4 nitrogen and oxygen atoms in total. The van der Waals surface area contributed by atoms with Crippen LogP contribution < -0.4 is 10.4 Å². The Kier molecular flexibility index (Phi) is 7.30. The highest BCUT2D eigenvalue weighted by Gasteiger charge is 2.10. The van der Waals surface area contributed by atoms with Gasteiger partial charge in [0.05, 0.1) is 23.4 Å². The number of hydrogen-bond acceptors (Lipinski definition) is 3. The van der Waals surface area contributed by atoms with Crippen LogP contribution in [0.2, 0.25) is 5.02 Å². The molecule has 0 aliphatic heterocycles. The molecular formula is C21H22ClNO3. The van der Waals surface area contributed by atoms with Gasteiger partial charge in [-0.1, -0.05) is 55.0 Å². The monoisotopic (exact) mass is 371 g/mol. The van der Waals surface area contributed by atoms with E-state index in [0.29, 0.717) is 22.1 Å². The summed E-state index contributed by atoms with van der Waals surface area (Å²) in [4.78, 5) is 14.9. The minimum Gasteiger partial charge on any atom is -0.496 e. The van der Waals surface area contributed by atoms with Crippen LogP contribution in [0.4, 0.5) is 0 Å². The van der Waals surface area contributed by atoms with E-state index in [4.69, 9.17) is 20.8 Å². The van der Waals surface area contributed by atoms with Gasteiger partial charge in [-0.25, -0.2) is 4.79 Å². The largest absolute Gasteiger partial charge is 0.496 e. The van der Waals surface area contributed by atoms with Crippen LogP contribution in [0.15, 0.2) is 64.0 Å². The zero-order chi connectivity index (χ0) is 18.9. The van der Waals surface area contributed by atoms with Crippen molar-refractivity contribution in [3.8, 4) is 5.75 Å². The van der Waals surface area contributed by atoms with E-state index in [2.05, 4.69) is 4.98 Å². The van der Waals surface area contributed by atoms with Gasteiger partial charge in [0.1, 0.15) is 11.5 Å². The van der Waals surface area contributed by atoms with Crippen molar-refractivity contribution in [1.82, 2.24) is 4.98 Å². The van der Waals surface area contributed by atoms with E-state index in [-0.39, 0.29) is 5.63 Å². The maximum Gasteiger partial charge on any atom is 0.342 e. The molecule has 0 amide bonds. The highest BCUT2D eigenvalue weighted by atomic mass is 35.5. The normalized spacial score (nSPS) is 12.7. The zero-order valence-electron chi connectivity index (χ0n) is 15.1. The molecule has 0 radical (unpaired) electrons. The molecule has 0 spiro atoms. The average Bonchev–Trinajstić information content (AvgIpc) is 3.04. The van der Waals surface area contributed by atoms with Gasteiger partial charge in [0, 0.05) is 12.3 Å². The second-order valence-electron chi connectivity index (χ2n) is 5.51. The summed E-state index contributed by atoms with van der Waals surface area (Å²) in [5.41, 5.74) is 1.88. The number of aromatic amines is 1. The molecule has 5 heteroatoms. The summed E-state index contributed by atoms with van der Waals surface area (Å²) >= 11 is 5.99. The number of nitrogens with one attached hydrogen (secondary N) is 1. The summed E-state index contributed by atoms with van der Waals surface area (Å²) in [5.74, 6) is 1.06. The Labute approximate surface area is 158 Å². The smallest absolute Gasteiger partial charge is 0.342 e. The number of aromatic nitrogens is 1. The van der Waals surface area contributed by atoms with Crippen LogP contribution in [-0.2, 0) is 0 Å². The van der Waals surface area contributed by atoms with Gasteiger partial charge in [0.2, 0.25) is 0 Å². The van der Waals surface area contributed by atoms with Gasteiger partial charge in [0.15, 0.2) is 0 Å². The number of methoxy groups -OCH3 is 1. The number of rotatable bonds is 7. The van der Waals surface area contributed by atoms with Crippen molar-refractivity contribution in [1.29, 1.82) is 0 Å². The molecule has 0 saturated carbocycles. The summed E-state index contributed by atoms with van der Waals surface area (Å²) < 4.78 is 10.6. The molecule has 2 aromatic rings. The van der Waals surface area contributed by atoms with Crippen LogP contribution in [0.25, 0.3) is 11.6 Å². The molecule has 1 N–H and O–H groups in total. The first-order valence-electron chi connectivity index (χ1n) is 8.29. The quantitative estimate of drug-likeness (QED) is 0.648. The lowest BCUT2D eigenvalue weighted by molar-refractivity contribution is 0.394. The van der Waals surface area contributed by atoms with Gasteiger partial charge < -0.3 is 14.1 Å². The third-order valence-electron chi connectivity index (χ3n) is 3.79. The third kappa shape index (κ3) is 5.14. The Bertz CT molecular complexity index is 914. The molecule has 0 saturated heterocycles. The maximum atomic E-state index is 11.9. The lowest BCUT2D eigenvalue weighted by Crippen LogP contribution is -2.07. The molecule has 0 bridgehead atoms. The summed E-state index contributed by atoms with van der Waals surface area (Å²) in [7, 11) is 1.54. The Morgan fingerprint density at radius 2 is 2.00 bits per heavy atom. The van der Waals surface area contributed by atoms with Crippen molar-refractivity contribution in [3.05, 3.63) is 87.2 Å². The molecule has 26 heavy (non-hydrogen) atoms.